The number of rotatable bonds is 7. The zero-order valence-corrected chi connectivity index (χ0v) is 14.3. The second-order valence-corrected chi connectivity index (χ2v) is 7.40. The van der Waals surface area contributed by atoms with Gasteiger partial charge in [0.25, 0.3) is 0 Å². The average Bonchev–Trinajstić information content (AvgIpc) is 2.50. The fraction of sp³-hybridized carbons (Fsp3) is 0.235. The second-order valence-electron chi connectivity index (χ2n) is 5.68. The number of sulfonamides is 1. The van der Waals surface area contributed by atoms with Crippen LogP contribution in [0, 0.1) is 0 Å². The van der Waals surface area contributed by atoms with Crippen molar-refractivity contribution < 1.29 is 31.5 Å². The number of carboxylic acid groups (broad SMARTS) is 1. The van der Waals surface area contributed by atoms with Crippen LogP contribution in [0.2, 0.25) is 0 Å². The standard InChI is InChI=1S/C17H16F3NO4S/c18-17(19,20)11-26(24,25)21-15-6-2-4-13(10-15)8-7-12-3-1-5-14(9-12)16(22)23/h1-6,9-10,21H,7-8,11H2,(H,22,23). The molecule has 0 aliphatic rings. The lowest BCUT2D eigenvalue weighted by molar-refractivity contribution is -0.106. The molecule has 0 saturated heterocycles. The van der Waals surface area contributed by atoms with Gasteiger partial charge in [0, 0.05) is 5.69 Å². The summed E-state index contributed by atoms with van der Waals surface area (Å²) >= 11 is 0. The fourth-order valence-electron chi connectivity index (χ4n) is 2.37. The van der Waals surface area contributed by atoms with Crippen molar-refractivity contribution in [2.75, 3.05) is 10.5 Å². The van der Waals surface area contributed by atoms with Gasteiger partial charge in [-0.3, -0.25) is 4.72 Å². The molecule has 0 saturated carbocycles. The summed E-state index contributed by atoms with van der Waals surface area (Å²) in [6, 6.07) is 12.5. The van der Waals surface area contributed by atoms with E-state index < -0.39 is 27.9 Å². The number of halogens is 3. The Morgan fingerprint density at radius 1 is 1.00 bits per heavy atom. The van der Waals surface area contributed by atoms with Gasteiger partial charge in [0.15, 0.2) is 5.75 Å². The first-order valence-electron chi connectivity index (χ1n) is 7.52. The topological polar surface area (TPSA) is 83.5 Å². The van der Waals surface area contributed by atoms with Gasteiger partial charge in [0.1, 0.15) is 0 Å². The van der Waals surface area contributed by atoms with E-state index in [4.69, 9.17) is 5.11 Å². The Balaban J connectivity index is 2.05. The lowest BCUT2D eigenvalue weighted by atomic mass is 10.0. The average molecular weight is 387 g/mol. The fourth-order valence-corrected chi connectivity index (χ4v) is 3.36. The van der Waals surface area contributed by atoms with Crippen LogP contribution in [-0.2, 0) is 22.9 Å². The predicted octanol–water partition coefficient (Wildman–Crippen LogP) is 3.47. The Morgan fingerprint density at radius 2 is 1.58 bits per heavy atom. The summed E-state index contributed by atoms with van der Waals surface area (Å²) in [5, 5.41) is 8.97. The maximum absolute atomic E-state index is 12.3. The van der Waals surface area contributed by atoms with Crippen LogP contribution in [0.3, 0.4) is 0 Å². The maximum atomic E-state index is 12.3. The number of benzene rings is 2. The number of carboxylic acids is 1. The van der Waals surface area contributed by atoms with E-state index in [1.54, 1.807) is 18.2 Å². The number of aryl methyl sites for hydroxylation is 2. The first-order chi connectivity index (χ1) is 12.0. The van der Waals surface area contributed by atoms with Crippen LogP contribution >= 0.6 is 0 Å². The highest BCUT2D eigenvalue weighted by atomic mass is 32.2. The molecule has 0 radical (unpaired) electrons. The first kappa shape index (κ1) is 19.8. The third kappa shape index (κ3) is 6.40. The van der Waals surface area contributed by atoms with Crippen molar-refractivity contribution >= 4 is 21.7 Å². The van der Waals surface area contributed by atoms with E-state index in [0.717, 1.165) is 5.56 Å². The summed E-state index contributed by atoms with van der Waals surface area (Å²) in [7, 11) is -4.53. The number of hydrogen-bond donors (Lipinski definition) is 2. The van der Waals surface area contributed by atoms with Crippen molar-refractivity contribution in [3.63, 3.8) is 0 Å². The molecule has 0 amide bonds. The van der Waals surface area contributed by atoms with Crippen molar-refractivity contribution in [2.45, 2.75) is 19.0 Å². The molecule has 140 valence electrons. The van der Waals surface area contributed by atoms with Gasteiger partial charge >= 0.3 is 12.1 Å². The Bertz CT molecular complexity index is 895. The molecule has 2 N–H and O–H groups in total. The van der Waals surface area contributed by atoms with Crippen molar-refractivity contribution in [3.05, 3.63) is 65.2 Å². The predicted molar refractivity (Wildman–Crippen MR) is 90.7 cm³/mol. The largest absolute Gasteiger partial charge is 0.478 e. The van der Waals surface area contributed by atoms with Crippen LogP contribution in [0.5, 0.6) is 0 Å². The molecule has 0 aliphatic heterocycles. The maximum Gasteiger partial charge on any atom is 0.404 e. The summed E-state index contributed by atoms with van der Waals surface area (Å²) in [5.41, 5.74) is 1.70. The van der Waals surface area contributed by atoms with Crippen molar-refractivity contribution in [3.8, 4) is 0 Å². The summed E-state index contributed by atoms with van der Waals surface area (Å²) in [6.07, 6.45) is -3.85. The molecule has 2 aromatic carbocycles. The smallest absolute Gasteiger partial charge is 0.404 e. The van der Waals surface area contributed by atoms with Gasteiger partial charge in [-0.05, 0) is 48.2 Å². The van der Waals surface area contributed by atoms with E-state index in [1.807, 2.05) is 4.72 Å². The second kappa shape index (κ2) is 7.77. The third-order valence-corrected chi connectivity index (χ3v) is 4.68. The number of carbonyl (C=O) groups is 1. The highest BCUT2D eigenvalue weighted by molar-refractivity contribution is 7.92. The van der Waals surface area contributed by atoms with E-state index in [1.165, 1.54) is 30.3 Å². The van der Waals surface area contributed by atoms with Crippen molar-refractivity contribution in [1.29, 1.82) is 0 Å². The lowest BCUT2D eigenvalue weighted by Gasteiger charge is -2.11. The van der Waals surface area contributed by atoms with Gasteiger partial charge < -0.3 is 5.11 Å². The van der Waals surface area contributed by atoms with Gasteiger partial charge in [-0.15, -0.1) is 0 Å². The van der Waals surface area contributed by atoms with Gasteiger partial charge in [0.2, 0.25) is 10.0 Å². The molecule has 5 nitrogen and oxygen atoms in total. The monoisotopic (exact) mass is 387 g/mol. The number of hydrogen-bond acceptors (Lipinski definition) is 3. The van der Waals surface area contributed by atoms with Crippen LogP contribution in [0.4, 0.5) is 18.9 Å². The summed E-state index contributed by atoms with van der Waals surface area (Å²) in [5.74, 6) is -2.99. The molecule has 0 aromatic heterocycles. The molecular weight excluding hydrogens is 371 g/mol. The molecule has 2 rings (SSSR count). The third-order valence-electron chi connectivity index (χ3n) is 3.43. The van der Waals surface area contributed by atoms with Gasteiger partial charge in [-0.2, -0.15) is 13.2 Å². The zero-order chi connectivity index (χ0) is 19.4. The Labute approximate surface area is 148 Å². The molecule has 0 aliphatic carbocycles. The summed E-state index contributed by atoms with van der Waals surface area (Å²) in [4.78, 5) is 11.0. The van der Waals surface area contributed by atoms with Crippen LogP contribution in [0.25, 0.3) is 0 Å². The minimum Gasteiger partial charge on any atom is -0.478 e. The first-order valence-corrected chi connectivity index (χ1v) is 9.18. The normalized spacial score (nSPS) is 12.0. The molecule has 0 heterocycles. The number of nitrogens with one attached hydrogen (secondary N) is 1. The summed E-state index contributed by atoms with van der Waals surface area (Å²) in [6.45, 7) is 0. The minimum atomic E-state index is -4.82. The molecule has 26 heavy (non-hydrogen) atoms. The lowest BCUT2D eigenvalue weighted by Crippen LogP contribution is -2.27. The molecule has 0 unspecified atom stereocenters. The quantitative estimate of drug-likeness (QED) is 0.762. The summed E-state index contributed by atoms with van der Waals surface area (Å²) < 4.78 is 61.8. The highest BCUT2D eigenvalue weighted by Gasteiger charge is 2.35. The van der Waals surface area contributed by atoms with E-state index in [-0.39, 0.29) is 11.3 Å². The molecule has 2 aromatic rings. The molecule has 0 bridgehead atoms. The zero-order valence-electron chi connectivity index (χ0n) is 13.5. The number of anilines is 1. The molecule has 0 spiro atoms. The van der Waals surface area contributed by atoms with Crippen LogP contribution in [0.1, 0.15) is 21.5 Å². The Morgan fingerprint density at radius 3 is 2.15 bits per heavy atom. The Hall–Kier alpha value is -2.55. The number of aromatic carboxylic acids is 1. The van der Waals surface area contributed by atoms with Crippen molar-refractivity contribution in [2.24, 2.45) is 0 Å². The van der Waals surface area contributed by atoms with E-state index >= 15 is 0 Å². The van der Waals surface area contributed by atoms with Crippen LogP contribution in [0.15, 0.2) is 48.5 Å². The van der Waals surface area contributed by atoms with Gasteiger partial charge in [-0.25, -0.2) is 13.2 Å². The Kier molecular flexibility index (Phi) is 5.91. The molecule has 0 atom stereocenters. The van der Waals surface area contributed by atoms with Crippen molar-refractivity contribution in [1.82, 2.24) is 0 Å². The highest BCUT2D eigenvalue weighted by Crippen LogP contribution is 2.20. The van der Waals surface area contributed by atoms with E-state index in [2.05, 4.69) is 0 Å². The van der Waals surface area contributed by atoms with Crippen LogP contribution in [-0.4, -0.2) is 31.4 Å². The minimum absolute atomic E-state index is 0.0473. The number of alkyl halides is 3. The molecule has 0 fully saturated rings. The van der Waals surface area contributed by atoms with E-state index in [9.17, 15) is 26.4 Å². The van der Waals surface area contributed by atoms with Gasteiger partial charge in [-0.1, -0.05) is 24.3 Å². The van der Waals surface area contributed by atoms with Crippen LogP contribution < -0.4 is 4.72 Å². The SMILES string of the molecule is O=C(O)c1cccc(CCc2cccc(NS(=O)(=O)CC(F)(F)F)c2)c1. The van der Waals surface area contributed by atoms with Gasteiger partial charge in [0.05, 0.1) is 5.56 Å². The molecule has 9 heteroatoms. The molecular formula is C17H16F3NO4S. The van der Waals surface area contributed by atoms with E-state index in [0.29, 0.717) is 18.4 Å².